The fraction of sp³-hybridized carbons (Fsp3) is 0.200. The molecule has 0 aromatic carbocycles. The highest BCUT2D eigenvalue weighted by Crippen LogP contribution is 2.20. The van der Waals surface area contributed by atoms with E-state index in [1.807, 2.05) is 0 Å². The Balaban J connectivity index is 2.14. The number of carbonyl (C=O) groups is 1. The molecule has 102 valence electrons. The van der Waals surface area contributed by atoms with Gasteiger partial charge in [-0.1, -0.05) is 0 Å². The molecule has 2 N–H and O–H groups in total. The van der Waals surface area contributed by atoms with Gasteiger partial charge in [-0.25, -0.2) is 22.9 Å². The second-order valence-corrected chi connectivity index (χ2v) is 7.25. The van der Waals surface area contributed by atoms with E-state index in [0.29, 0.717) is 0 Å². The van der Waals surface area contributed by atoms with E-state index in [9.17, 15) is 13.2 Å². The number of aryl methyl sites for hydroxylation is 1. The van der Waals surface area contributed by atoms with E-state index >= 15 is 0 Å². The molecular weight excluding hydrogens is 308 g/mol. The molecule has 2 heterocycles. The van der Waals surface area contributed by atoms with Gasteiger partial charge >= 0.3 is 5.97 Å². The number of thiazole rings is 1. The van der Waals surface area contributed by atoms with Crippen molar-refractivity contribution >= 4 is 38.7 Å². The lowest BCUT2D eigenvalue weighted by atomic mass is 10.4. The van der Waals surface area contributed by atoms with Crippen molar-refractivity contribution in [1.82, 2.24) is 9.71 Å². The molecule has 0 radical (unpaired) electrons. The zero-order valence-electron chi connectivity index (χ0n) is 9.78. The van der Waals surface area contributed by atoms with Crippen LogP contribution in [0.3, 0.4) is 0 Å². The van der Waals surface area contributed by atoms with Gasteiger partial charge in [-0.2, -0.15) is 0 Å². The summed E-state index contributed by atoms with van der Waals surface area (Å²) in [5.41, 5.74) is 2.43. The predicted octanol–water partition coefficient (Wildman–Crippen LogP) is 1.69. The lowest BCUT2D eigenvalue weighted by Gasteiger charge is -2.03. The van der Waals surface area contributed by atoms with Crippen LogP contribution in [0.1, 0.15) is 20.2 Å². The minimum atomic E-state index is -3.69. The number of carboxylic acids is 1. The fourth-order valence-corrected chi connectivity index (χ4v) is 4.23. The van der Waals surface area contributed by atoms with Crippen LogP contribution in [0.25, 0.3) is 0 Å². The third-order valence-electron chi connectivity index (χ3n) is 2.36. The minimum absolute atomic E-state index is 0.00524. The van der Waals surface area contributed by atoms with Gasteiger partial charge in [0.2, 0.25) is 10.0 Å². The minimum Gasteiger partial charge on any atom is -0.477 e. The molecule has 0 aliphatic carbocycles. The lowest BCUT2D eigenvalue weighted by molar-refractivity contribution is 0.0702. The maximum Gasteiger partial charge on any atom is 0.345 e. The smallest absolute Gasteiger partial charge is 0.345 e. The highest BCUT2D eigenvalue weighted by molar-refractivity contribution is 7.89. The van der Waals surface area contributed by atoms with Gasteiger partial charge in [0.25, 0.3) is 0 Å². The third-order valence-corrected chi connectivity index (χ3v) is 5.75. The van der Waals surface area contributed by atoms with E-state index in [-0.39, 0.29) is 16.3 Å². The van der Waals surface area contributed by atoms with E-state index in [4.69, 9.17) is 5.11 Å². The average molecular weight is 318 g/mol. The molecule has 0 fully saturated rings. The summed E-state index contributed by atoms with van der Waals surface area (Å²) in [6, 6.07) is 1.15. The van der Waals surface area contributed by atoms with Crippen molar-refractivity contribution in [2.45, 2.75) is 18.4 Å². The highest BCUT2D eigenvalue weighted by atomic mass is 32.2. The molecule has 2 aromatic heterocycles. The van der Waals surface area contributed by atoms with Crippen molar-refractivity contribution in [2.24, 2.45) is 0 Å². The van der Waals surface area contributed by atoms with E-state index in [1.165, 1.54) is 16.7 Å². The van der Waals surface area contributed by atoms with Gasteiger partial charge in [0.15, 0.2) is 0 Å². The van der Waals surface area contributed by atoms with Gasteiger partial charge in [0.05, 0.1) is 16.1 Å². The lowest BCUT2D eigenvalue weighted by Crippen LogP contribution is -2.22. The Morgan fingerprint density at radius 1 is 1.47 bits per heavy atom. The van der Waals surface area contributed by atoms with Crippen molar-refractivity contribution in [3.8, 4) is 0 Å². The van der Waals surface area contributed by atoms with Gasteiger partial charge < -0.3 is 5.11 Å². The Hall–Kier alpha value is -1.29. The maximum absolute atomic E-state index is 12.0. The maximum atomic E-state index is 12.0. The molecule has 0 spiro atoms. The number of sulfonamides is 1. The summed E-state index contributed by atoms with van der Waals surface area (Å²) in [5, 5.41) is 10.1. The molecule has 0 saturated heterocycles. The molecule has 9 heteroatoms. The quantitative estimate of drug-likeness (QED) is 0.874. The van der Waals surface area contributed by atoms with Crippen molar-refractivity contribution in [2.75, 3.05) is 0 Å². The Labute approximate surface area is 117 Å². The first-order valence-corrected chi connectivity index (χ1v) is 8.35. The summed E-state index contributed by atoms with van der Waals surface area (Å²) in [6.07, 6.45) is 0. The molecule has 0 bridgehead atoms. The zero-order chi connectivity index (χ0) is 14.0. The van der Waals surface area contributed by atoms with Gasteiger partial charge in [0.1, 0.15) is 4.88 Å². The summed E-state index contributed by atoms with van der Waals surface area (Å²) in [4.78, 5) is 15.5. The van der Waals surface area contributed by atoms with Crippen molar-refractivity contribution < 1.29 is 18.3 Å². The first kappa shape index (κ1) is 14.1. The molecule has 0 atom stereocenters. The molecule has 0 aliphatic rings. The van der Waals surface area contributed by atoms with Crippen LogP contribution in [0.15, 0.2) is 21.9 Å². The number of nitrogens with one attached hydrogen (secondary N) is 1. The molecule has 19 heavy (non-hydrogen) atoms. The largest absolute Gasteiger partial charge is 0.477 e. The second kappa shape index (κ2) is 5.37. The van der Waals surface area contributed by atoms with E-state index < -0.39 is 16.0 Å². The van der Waals surface area contributed by atoms with E-state index in [1.54, 1.807) is 12.4 Å². The topological polar surface area (TPSA) is 96.4 Å². The van der Waals surface area contributed by atoms with Crippen LogP contribution in [0.2, 0.25) is 0 Å². The standard InChI is InChI=1S/C10H10N2O4S3/c1-6-9(18-5-11-6)3-12-19(15,16)7-2-8(10(13)14)17-4-7/h2,4-5,12H,3H2,1H3,(H,13,14). The number of thiophene rings is 1. The Morgan fingerprint density at radius 2 is 2.21 bits per heavy atom. The summed E-state index contributed by atoms with van der Waals surface area (Å²) < 4.78 is 26.4. The molecule has 0 unspecified atom stereocenters. The first-order valence-electron chi connectivity index (χ1n) is 5.10. The van der Waals surface area contributed by atoms with Crippen LogP contribution in [0.4, 0.5) is 0 Å². The normalized spacial score (nSPS) is 11.6. The Morgan fingerprint density at radius 3 is 2.74 bits per heavy atom. The average Bonchev–Trinajstić information content (AvgIpc) is 2.95. The SMILES string of the molecule is Cc1ncsc1CNS(=O)(=O)c1csc(C(=O)O)c1. The number of hydrogen-bond donors (Lipinski definition) is 2. The molecule has 0 amide bonds. The zero-order valence-corrected chi connectivity index (χ0v) is 12.2. The Bertz CT molecular complexity index is 702. The third kappa shape index (κ3) is 3.18. The first-order chi connectivity index (χ1) is 8.90. The summed E-state index contributed by atoms with van der Waals surface area (Å²) >= 11 is 2.25. The molecule has 2 aromatic rings. The number of aromatic nitrogens is 1. The van der Waals surface area contributed by atoms with Gasteiger partial charge in [-0.3, -0.25) is 0 Å². The van der Waals surface area contributed by atoms with Crippen molar-refractivity contribution in [3.05, 3.63) is 32.4 Å². The molecular formula is C10H10N2O4S3. The molecule has 0 saturated carbocycles. The number of aromatic carboxylic acids is 1. The number of nitrogens with zero attached hydrogens (tertiary/aromatic N) is 1. The van der Waals surface area contributed by atoms with Crippen LogP contribution >= 0.6 is 22.7 Å². The van der Waals surface area contributed by atoms with Crippen LogP contribution in [0, 0.1) is 6.92 Å². The number of carboxylic acid groups (broad SMARTS) is 1. The van der Waals surface area contributed by atoms with Crippen LogP contribution < -0.4 is 4.72 Å². The van der Waals surface area contributed by atoms with Gasteiger partial charge in [-0.15, -0.1) is 22.7 Å². The molecule has 0 aliphatic heterocycles. The monoisotopic (exact) mass is 318 g/mol. The summed E-state index contributed by atoms with van der Waals surface area (Å²) in [5.74, 6) is -1.13. The predicted molar refractivity (Wildman–Crippen MR) is 72.2 cm³/mol. The van der Waals surface area contributed by atoms with Gasteiger partial charge in [0, 0.05) is 16.8 Å². The van der Waals surface area contributed by atoms with Crippen molar-refractivity contribution in [1.29, 1.82) is 0 Å². The van der Waals surface area contributed by atoms with Crippen LogP contribution in [-0.4, -0.2) is 24.5 Å². The van der Waals surface area contributed by atoms with Gasteiger partial charge in [-0.05, 0) is 13.0 Å². The molecule has 6 nitrogen and oxygen atoms in total. The molecule has 2 rings (SSSR count). The highest BCUT2D eigenvalue weighted by Gasteiger charge is 2.18. The second-order valence-electron chi connectivity index (χ2n) is 3.64. The number of rotatable bonds is 5. The van der Waals surface area contributed by atoms with Crippen molar-refractivity contribution in [3.63, 3.8) is 0 Å². The fourth-order valence-electron chi connectivity index (χ4n) is 1.31. The van der Waals surface area contributed by atoms with E-state index in [0.717, 1.165) is 28.0 Å². The van der Waals surface area contributed by atoms with Crippen LogP contribution in [0.5, 0.6) is 0 Å². The van der Waals surface area contributed by atoms with Crippen LogP contribution in [-0.2, 0) is 16.6 Å². The summed E-state index contributed by atoms with van der Waals surface area (Å²) in [7, 11) is -3.69. The Kier molecular flexibility index (Phi) is 3.99. The number of hydrogen-bond acceptors (Lipinski definition) is 6. The summed E-state index contributed by atoms with van der Waals surface area (Å²) in [6.45, 7) is 1.95. The van der Waals surface area contributed by atoms with E-state index in [2.05, 4.69) is 9.71 Å².